The Morgan fingerprint density at radius 1 is 1.18 bits per heavy atom. The maximum atomic E-state index is 12.9. The maximum absolute atomic E-state index is 12.9. The molecule has 1 amide bonds. The van der Waals surface area contributed by atoms with E-state index in [2.05, 4.69) is 31.3 Å². The summed E-state index contributed by atoms with van der Waals surface area (Å²) in [7, 11) is 0. The van der Waals surface area contributed by atoms with Gasteiger partial charge in [0.15, 0.2) is 0 Å². The van der Waals surface area contributed by atoms with Gasteiger partial charge in [-0.1, -0.05) is 30.3 Å². The Bertz CT molecular complexity index is 664. The van der Waals surface area contributed by atoms with E-state index in [4.69, 9.17) is 0 Å². The summed E-state index contributed by atoms with van der Waals surface area (Å²) in [5.74, 6) is 0.105. The number of amides is 1. The standard InChI is InChI=1S/C19H22N2O/c1-14(2)21(13-15-6-4-3-5-7-15)19(22)17-8-9-18-16(12-17)10-11-20-18/h3-9,12,14,20H,10-11,13H2,1-2H3. The normalized spacial score (nSPS) is 12.9. The van der Waals surface area contributed by atoms with Gasteiger partial charge in [0.05, 0.1) is 0 Å². The molecule has 1 aliphatic heterocycles. The number of anilines is 1. The van der Waals surface area contributed by atoms with Gasteiger partial charge in [0.25, 0.3) is 5.91 Å². The van der Waals surface area contributed by atoms with Crippen LogP contribution in [0.2, 0.25) is 0 Å². The summed E-state index contributed by atoms with van der Waals surface area (Å²) in [6, 6.07) is 16.3. The first kappa shape index (κ1) is 14.6. The summed E-state index contributed by atoms with van der Waals surface area (Å²) in [5.41, 5.74) is 4.35. The minimum Gasteiger partial charge on any atom is -0.384 e. The number of hydrogen-bond acceptors (Lipinski definition) is 2. The monoisotopic (exact) mass is 294 g/mol. The molecule has 3 nitrogen and oxygen atoms in total. The van der Waals surface area contributed by atoms with Gasteiger partial charge in [-0.05, 0) is 49.6 Å². The predicted molar refractivity (Wildman–Crippen MR) is 90.1 cm³/mol. The smallest absolute Gasteiger partial charge is 0.254 e. The van der Waals surface area contributed by atoms with Gasteiger partial charge >= 0.3 is 0 Å². The third-order valence-electron chi connectivity index (χ3n) is 4.14. The lowest BCUT2D eigenvalue weighted by Crippen LogP contribution is -2.36. The number of rotatable bonds is 4. The van der Waals surface area contributed by atoms with E-state index >= 15 is 0 Å². The Hall–Kier alpha value is -2.29. The van der Waals surface area contributed by atoms with Gasteiger partial charge in [-0.15, -0.1) is 0 Å². The fraction of sp³-hybridized carbons (Fsp3) is 0.316. The zero-order chi connectivity index (χ0) is 15.5. The van der Waals surface area contributed by atoms with Crippen molar-refractivity contribution in [2.45, 2.75) is 32.9 Å². The van der Waals surface area contributed by atoms with Crippen LogP contribution in [0.3, 0.4) is 0 Å². The lowest BCUT2D eigenvalue weighted by molar-refractivity contribution is 0.0690. The van der Waals surface area contributed by atoms with Crippen molar-refractivity contribution in [1.29, 1.82) is 0 Å². The van der Waals surface area contributed by atoms with Crippen LogP contribution in [0.4, 0.5) is 5.69 Å². The molecule has 0 saturated heterocycles. The molecule has 0 unspecified atom stereocenters. The summed E-state index contributed by atoms with van der Waals surface area (Å²) in [6.45, 7) is 5.74. The van der Waals surface area contributed by atoms with Gasteiger partial charge in [0.1, 0.15) is 0 Å². The number of nitrogens with zero attached hydrogens (tertiary/aromatic N) is 1. The van der Waals surface area contributed by atoms with Crippen LogP contribution >= 0.6 is 0 Å². The molecule has 0 spiro atoms. The molecule has 22 heavy (non-hydrogen) atoms. The lowest BCUT2D eigenvalue weighted by atomic mass is 10.1. The first-order valence-electron chi connectivity index (χ1n) is 7.87. The summed E-state index contributed by atoms with van der Waals surface area (Å²) < 4.78 is 0. The van der Waals surface area contributed by atoms with E-state index in [1.807, 2.05) is 41.3 Å². The average Bonchev–Trinajstić information content (AvgIpc) is 3.00. The topological polar surface area (TPSA) is 32.3 Å². The first-order valence-corrected chi connectivity index (χ1v) is 7.87. The lowest BCUT2D eigenvalue weighted by Gasteiger charge is -2.27. The predicted octanol–water partition coefficient (Wildman–Crippen LogP) is 3.71. The molecule has 2 aromatic rings. The van der Waals surface area contributed by atoms with Crippen LogP contribution in [-0.2, 0) is 13.0 Å². The second-order valence-corrected chi connectivity index (χ2v) is 6.06. The quantitative estimate of drug-likeness (QED) is 0.932. The fourth-order valence-electron chi connectivity index (χ4n) is 2.87. The summed E-state index contributed by atoms with van der Waals surface area (Å²) in [4.78, 5) is 14.8. The Morgan fingerprint density at radius 2 is 1.95 bits per heavy atom. The molecule has 1 aliphatic rings. The molecule has 2 aromatic carbocycles. The van der Waals surface area contributed by atoms with Crippen LogP contribution in [0.25, 0.3) is 0 Å². The van der Waals surface area contributed by atoms with E-state index in [1.165, 1.54) is 5.56 Å². The Labute approximate surface area is 132 Å². The summed E-state index contributed by atoms with van der Waals surface area (Å²) >= 11 is 0. The molecule has 0 radical (unpaired) electrons. The molecule has 0 fully saturated rings. The highest BCUT2D eigenvalue weighted by Crippen LogP contribution is 2.24. The molecular formula is C19H22N2O. The van der Waals surface area contributed by atoms with Crippen molar-refractivity contribution >= 4 is 11.6 Å². The third-order valence-corrected chi connectivity index (χ3v) is 4.14. The van der Waals surface area contributed by atoms with Crippen LogP contribution in [0.1, 0.15) is 35.3 Å². The van der Waals surface area contributed by atoms with Crippen molar-refractivity contribution in [3.63, 3.8) is 0 Å². The van der Waals surface area contributed by atoms with E-state index in [1.54, 1.807) is 0 Å². The van der Waals surface area contributed by atoms with Crippen LogP contribution in [-0.4, -0.2) is 23.4 Å². The van der Waals surface area contributed by atoms with Crippen molar-refractivity contribution in [3.05, 3.63) is 65.2 Å². The van der Waals surface area contributed by atoms with Gasteiger partial charge in [-0.2, -0.15) is 0 Å². The molecule has 0 atom stereocenters. The molecule has 0 aliphatic carbocycles. The highest BCUT2D eigenvalue weighted by molar-refractivity contribution is 5.95. The molecule has 0 saturated carbocycles. The minimum atomic E-state index is 0.105. The second-order valence-electron chi connectivity index (χ2n) is 6.06. The number of benzene rings is 2. The SMILES string of the molecule is CC(C)N(Cc1ccccc1)C(=O)c1ccc2c(c1)CCN2. The maximum Gasteiger partial charge on any atom is 0.254 e. The minimum absolute atomic E-state index is 0.105. The average molecular weight is 294 g/mol. The Morgan fingerprint density at radius 3 is 2.68 bits per heavy atom. The van der Waals surface area contributed by atoms with E-state index in [-0.39, 0.29) is 11.9 Å². The Kier molecular flexibility index (Phi) is 4.14. The highest BCUT2D eigenvalue weighted by atomic mass is 16.2. The number of hydrogen-bond donors (Lipinski definition) is 1. The van der Waals surface area contributed by atoms with Crippen LogP contribution in [0, 0.1) is 0 Å². The van der Waals surface area contributed by atoms with E-state index in [9.17, 15) is 4.79 Å². The number of carbonyl (C=O) groups excluding carboxylic acids is 1. The van der Waals surface area contributed by atoms with Gasteiger partial charge < -0.3 is 10.2 Å². The van der Waals surface area contributed by atoms with Gasteiger partial charge in [0.2, 0.25) is 0 Å². The van der Waals surface area contributed by atoms with Crippen LogP contribution in [0.15, 0.2) is 48.5 Å². The van der Waals surface area contributed by atoms with Gasteiger partial charge in [-0.25, -0.2) is 0 Å². The zero-order valence-corrected chi connectivity index (χ0v) is 13.2. The van der Waals surface area contributed by atoms with Gasteiger partial charge in [0, 0.05) is 30.4 Å². The molecule has 0 bridgehead atoms. The Balaban J connectivity index is 1.83. The number of carbonyl (C=O) groups is 1. The van der Waals surface area contributed by atoms with Crippen LogP contribution < -0.4 is 5.32 Å². The number of nitrogens with one attached hydrogen (secondary N) is 1. The second kappa shape index (κ2) is 6.22. The van der Waals surface area contributed by atoms with E-state index < -0.39 is 0 Å². The molecule has 3 heteroatoms. The van der Waals surface area contributed by atoms with Crippen molar-refractivity contribution < 1.29 is 4.79 Å². The molecule has 1 N–H and O–H groups in total. The van der Waals surface area contributed by atoms with E-state index in [0.29, 0.717) is 6.54 Å². The van der Waals surface area contributed by atoms with Crippen molar-refractivity contribution in [2.75, 3.05) is 11.9 Å². The van der Waals surface area contributed by atoms with Crippen molar-refractivity contribution in [3.8, 4) is 0 Å². The fourth-order valence-corrected chi connectivity index (χ4v) is 2.87. The highest BCUT2D eigenvalue weighted by Gasteiger charge is 2.21. The first-order chi connectivity index (χ1) is 10.6. The molecule has 1 heterocycles. The number of fused-ring (bicyclic) bond motifs is 1. The molecule has 3 rings (SSSR count). The largest absolute Gasteiger partial charge is 0.384 e. The van der Waals surface area contributed by atoms with Crippen molar-refractivity contribution in [2.24, 2.45) is 0 Å². The van der Waals surface area contributed by atoms with Gasteiger partial charge in [-0.3, -0.25) is 4.79 Å². The summed E-state index contributed by atoms with van der Waals surface area (Å²) in [6.07, 6.45) is 0.997. The summed E-state index contributed by atoms with van der Waals surface area (Å²) in [5, 5.41) is 3.33. The molecule has 0 aromatic heterocycles. The molecule has 114 valence electrons. The van der Waals surface area contributed by atoms with Crippen LogP contribution in [0.5, 0.6) is 0 Å². The van der Waals surface area contributed by atoms with E-state index in [0.717, 1.165) is 29.8 Å². The molecular weight excluding hydrogens is 272 g/mol. The third kappa shape index (κ3) is 2.98. The van der Waals surface area contributed by atoms with Crippen molar-refractivity contribution in [1.82, 2.24) is 4.90 Å². The zero-order valence-electron chi connectivity index (χ0n) is 13.2.